The van der Waals surface area contributed by atoms with E-state index in [-0.39, 0.29) is 11.3 Å². The highest BCUT2D eigenvalue weighted by molar-refractivity contribution is 6.01. The minimum Gasteiger partial charge on any atom is -0.493 e. The lowest BCUT2D eigenvalue weighted by atomic mass is 10.1. The summed E-state index contributed by atoms with van der Waals surface area (Å²) in [5.41, 5.74) is -0.979. The number of anilines is 1. The molecule has 6 nitrogen and oxygen atoms in total. The van der Waals surface area contributed by atoms with E-state index in [0.717, 1.165) is 12.1 Å². The number of carbonyl (C=O) groups excluding carboxylic acids is 2. The predicted octanol–water partition coefficient (Wildman–Crippen LogP) is 3.08. The van der Waals surface area contributed by atoms with Gasteiger partial charge in [0.05, 0.1) is 24.9 Å². The molecule has 0 radical (unpaired) electrons. The van der Waals surface area contributed by atoms with Crippen LogP contribution in [0.2, 0.25) is 0 Å². The zero-order valence-corrected chi connectivity index (χ0v) is 14.2. The van der Waals surface area contributed by atoms with Crippen LogP contribution in [0.3, 0.4) is 0 Å². The lowest BCUT2D eigenvalue weighted by Gasteiger charge is -2.14. The number of nitrogens with one attached hydrogen (secondary N) is 2. The molecule has 0 heterocycles. The third kappa shape index (κ3) is 4.87. The first kappa shape index (κ1) is 20.9. The number of carbonyl (C=O) groups is 2. The molecule has 2 rings (SSSR count). The highest BCUT2D eigenvalue weighted by atomic mass is 19.3. The van der Waals surface area contributed by atoms with E-state index in [9.17, 15) is 31.5 Å². The summed E-state index contributed by atoms with van der Waals surface area (Å²) < 4.78 is 73.8. The molecule has 0 aliphatic rings. The Morgan fingerprint density at radius 2 is 1.79 bits per heavy atom. The Kier molecular flexibility index (Phi) is 6.74. The first-order chi connectivity index (χ1) is 13.2. The normalized spacial score (nSPS) is 10.5. The Morgan fingerprint density at radius 1 is 1.07 bits per heavy atom. The van der Waals surface area contributed by atoms with Crippen molar-refractivity contribution in [3.63, 3.8) is 0 Å². The lowest BCUT2D eigenvalue weighted by Crippen LogP contribution is -2.33. The second-order valence-electron chi connectivity index (χ2n) is 5.17. The van der Waals surface area contributed by atoms with E-state index < -0.39 is 53.9 Å². The fourth-order valence-corrected chi connectivity index (χ4v) is 2.14. The summed E-state index contributed by atoms with van der Waals surface area (Å²) in [4.78, 5) is 24.0. The number of benzene rings is 2. The molecule has 11 heteroatoms. The molecule has 0 unspecified atom stereocenters. The van der Waals surface area contributed by atoms with Crippen LogP contribution in [-0.4, -0.2) is 32.1 Å². The maximum atomic E-state index is 13.5. The fourth-order valence-electron chi connectivity index (χ4n) is 2.14. The van der Waals surface area contributed by atoms with E-state index in [2.05, 4.69) is 10.1 Å². The third-order valence-corrected chi connectivity index (χ3v) is 3.37. The minimum atomic E-state index is -3.23. The van der Waals surface area contributed by atoms with Gasteiger partial charge in [-0.05, 0) is 24.3 Å². The summed E-state index contributed by atoms with van der Waals surface area (Å²) in [6.07, 6.45) is 0. The largest absolute Gasteiger partial charge is 0.493 e. The van der Waals surface area contributed by atoms with Crippen LogP contribution >= 0.6 is 0 Å². The summed E-state index contributed by atoms with van der Waals surface area (Å²) >= 11 is 0. The number of rotatable bonds is 7. The first-order valence-corrected chi connectivity index (χ1v) is 7.58. The van der Waals surface area contributed by atoms with Gasteiger partial charge in [0.25, 0.3) is 5.91 Å². The van der Waals surface area contributed by atoms with Gasteiger partial charge in [-0.15, -0.1) is 0 Å². The van der Waals surface area contributed by atoms with Gasteiger partial charge in [-0.2, -0.15) is 8.78 Å². The Hall–Kier alpha value is -3.37. The van der Waals surface area contributed by atoms with Gasteiger partial charge in [-0.3, -0.25) is 9.59 Å². The molecule has 0 saturated heterocycles. The standard InChI is InChI=1S/C17H13F5N2O4/c1-27-11-4-2-3-8(15(11)28-17(21)22)16(26)23-7-12(25)24-10-6-5-9(18)13(19)14(10)20/h2-6,17H,7H2,1H3,(H,23,26)(H,24,25). The van der Waals surface area contributed by atoms with Gasteiger partial charge in [0.2, 0.25) is 5.91 Å². The van der Waals surface area contributed by atoms with E-state index in [0.29, 0.717) is 6.07 Å². The average Bonchev–Trinajstić information content (AvgIpc) is 2.66. The summed E-state index contributed by atoms with van der Waals surface area (Å²) in [5, 5.41) is 4.05. The van der Waals surface area contributed by atoms with Crippen LogP contribution in [0.5, 0.6) is 11.5 Å². The van der Waals surface area contributed by atoms with Gasteiger partial charge in [-0.25, -0.2) is 13.2 Å². The van der Waals surface area contributed by atoms with Crippen LogP contribution in [0.25, 0.3) is 0 Å². The highest BCUT2D eigenvalue weighted by Crippen LogP contribution is 2.32. The Balaban J connectivity index is 2.08. The highest BCUT2D eigenvalue weighted by Gasteiger charge is 2.21. The molecule has 2 aromatic rings. The Morgan fingerprint density at radius 3 is 2.43 bits per heavy atom. The maximum absolute atomic E-state index is 13.5. The second-order valence-corrected chi connectivity index (χ2v) is 5.17. The fraction of sp³-hybridized carbons (Fsp3) is 0.176. The van der Waals surface area contributed by atoms with E-state index in [1.807, 2.05) is 5.32 Å². The summed E-state index contributed by atoms with van der Waals surface area (Å²) in [5.74, 6) is -7.43. The van der Waals surface area contributed by atoms with Gasteiger partial charge in [0, 0.05) is 0 Å². The van der Waals surface area contributed by atoms with Crippen molar-refractivity contribution in [2.45, 2.75) is 6.61 Å². The summed E-state index contributed by atoms with van der Waals surface area (Å²) in [6.45, 7) is -3.95. The molecular formula is C17H13F5N2O4. The number of methoxy groups -OCH3 is 1. The number of alkyl halides is 2. The molecular weight excluding hydrogens is 391 g/mol. The SMILES string of the molecule is COc1cccc(C(=O)NCC(=O)Nc2ccc(F)c(F)c2F)c1OC(F)F. The van der Waals surface area contributed by atoms with Crippen LogP contribution in [0.4, 0.5) is 27.6 Å². The van der Waals surface area contributed by atoms with E-state index >= 15 is 0 Å². The quantitative estimate of drug-likeness (QED) is 0.549. The van der Waals surface area contributed by atoms with Crippen molar-refractivity contribution >= 4 is 17.5 Å². The van der Waals surface area contributed by atoms with Crippen LogP contribution < -0.4 is 20.1 Å². The first-order valence-electron chi connectivity index (χ1n) is 7.58. The number of para-hydroxylation sites is 1. The number of hydrogen-bond acceptors (Lipinski definition) is 4. The summed E-state index contributed by atoms with van der Waals surface area (Å²) in [6, 6.07) is 5.18. The molecule has 150 valence electrons. The van der Waals surface area contributed by atoms with Gasteiger partial charge in [0.1, 0.15) is 0 Å². The number of halogens is 5. The Bertz CT molecular complexity index is 892. The molecule has 0 bridgehead atoms. The molecule has 0 aliphatic heterocycles. The molecule has 2 N–H and O–H groups in total. The smallest absolute Gasteiger partial charge is 0.387 e. The van der Waals surface area contributed by atoms with E-state index in [1.54, 1.807) is 0 Å². The molecule has 2 amide bonds. The van der Waals surface area contributed by atoms with Crippen molar-refractivity contribution in [1.82, 2.24) is 5.32 Å². The third-order valence-electron chi connectivity index (χ3n) is 3.37. The van der Waals surface area contributed by atoms with Gasteiger partial charge in [0.15, 0.2) is 29.0 Å². The Labute approximate surface area is 155 Å². The predicted molar refractivity (Wildman–Crippen MR) is 86.9 cm³/mol. The second kappa shape index (κ2) is 9.02. The topological polar surface area (TPSA) is 76.7 Å². The number of amides is 2. The van der Waals surface area contributed by atoms with Gasteiger partial charge < -0.3 is 20.1 Å². The van der Waals surface area contributed by atoms with Crippen LogP contribution in [-0.2, 0) is 4.79 Å². The molecule has 28 heavy (non-hydrogen) atoms. The zero-order chi connectivity index (χ0) is 20.8. The molecule has 0 aliphatic carbocycles. The monoisotopic (exact) mass is 404 g/mol. The van der Waals surface area contributed by atoms with Gasteiger partial charge >= 0.3 is 6.61 Å². The molecule has 0 atom stereocenters. The van der Waals surface area contributed by atoms with Crippen LogP contribution in [0.15, 0.2) is 30.3 Å². The molecule has 2 aromatic carbocycles. The van der Waals surface area contributed by atoms with Crippen LogP contribution in [0, 0.1) is 17.5 Å². The van der Waals surface area contributed by atoms with Crippen molar-refractivity contribution < 1.29 is 41.0 Å². The van der Waals surface area contributed by atoms with E-state index in [4.69, 9.17) is 4.74 Å². The molecule has 0 fully saturated rings. The molecule has 0 saturated carbocycles. The summed E-state index contributed by atoms with van der Waals surface area (Å²) in [7, 11) is 1.18. The molecule has 0 spiro atoms. The van der Waals surface area contributed by atoms with Crippen molar-refractivity contribution in [3.8, 4) is 11.5 Å². The molecule has 0 aromatic heterocycles. The lowest BCUT2D eigenvalue weighted by molar-refractivity contribution is -0.115. The average molecular weight is 404 g/mol. The van der Waals surface area contributed by atoms with Crippen molar-refractivity contribution in [2.75, 3.05) is 19.0 Å². The van der Waals surface area contributed by atoms with Crippen LogP contribution in [0.1, 0.15) is 10.4 Å². The zero-order valence-electron chi connectivity index (χ0n) is 14.2. The van der Waals surface area contributed by atoms with Crippen molar-refractivity contribution in [2.24, 2.45) is 0 Å². The minimum absolute atomic E-state index is 0.138. The van der Waals surface area contributed by atoms with Crippen molar-refractivity contribution in [3.05, 3.63) is 53.3 Å². The number of ether oxygens (including phenoxy) is 2. The van der Waals surface area contributed by atoms with Gasteiger partial charge in [-0.1, -0.05) is 6.07 Å². The van der Waals surface area contributed by atoms with E-state index in [1.165, 1.54) is 19.2 Å². The number of hydrogen-bond donors (Lipinski definition) is 2. The maximum Gasteiger partial charge on any atom is 0.387 e. The van der Waals surface area contributed by atoms with Crippen molar-refractivity contribution in [1.29, 1.82) is 0 Å².